The van der Waals surface area contributed by atoms with Crippen LogP contribution in [0, 0.1) is 0 Å². The Kier molecular flexibility index (Phi) is 6.91. The summed E-state index contributed by atoms with van der Waals surface area (Å²) in [6, 6.07) is 59.7. The van der Waals surface area contributed by atoms with Gasteiger partial charge in [0.15, 0.2) is 8.07 Å². The summed E-state index contributed by atoms with van der Waals surface area (Å²) in [6.07, 6.45) is 0. The van der Waals surface area contributed by atoms with Crippen LogP contribution in [0.4, 0.5) is 0 Å². The summed E-state index contributed by atoms with van der Waals surface area (Å²) in [4.78, 5) is 0. The third-order valence-electron chi connectivity index (χ3n) is 7.34. The SMILES string of the molecule is Brc1ccccc1-c1ccc(-c2ccc([Si](c3ccccc3)(c3ccccc3)c3ccccc3)cc2)cc1. The molecule has 182 valence electrons. The van der Waals surface area contributed by atoms with Gasteiger partial charge in [0.2, 0.25) is 0 Å². The molecule has 0 spiro atoms. The Morgan fingerprint density at radius 1 is 0.316 bits per heavy atom. The van der Waals surface area contributed by atoms with Crippen molar-refractivity contribution >= 4 is 44.8 Å². The maximum atomic E-state index is 3.68. The molecule has 0 unspecified atom stereocenters. The van der Waals surface area contributed by atoms with Crippen molar-refractivity contribution in [1.29, 1.82) is 0 Å². The van der Waals surface area contributed by atoms with E-state index in [0.29, 0.717) is 0 Å². The van der Waals surface area contributed by atoms with Crippen LogP contribution in [-0.4, -0.2) is 8.07 Å². The second kappa shape index (κ2) is 10.8. The zero-order chi connectivity index (χ0) is 25.8. The van der Waals surface area contributed by atoms with Crippen molar-refractivity contribution in [2.75, 3.05) is 0 Å². The van der Waals surface area contributed by atoms with E-state index in [9.17, 15) is 0 Å². The molecule has 0 aliphatic heterocycles. The molecule has 0 saturated heterocycles. The Morgan fingerprint density at radius 3 is 1.11 bits per heavy atom. The molecule has 0 aromatic heterocycles. The molecule has 0 fully saturated rings. The summed E-state index contributed by atoms with van der Waals surface area (Å²) in [5.74, 6) is 0. The van der Waals surface area contributed by atoms with Crippen LogP contribution in [-0.2, 0) is 0 Å². The van der Waals surface area contributed by atoms with Gasteiger partial charge in [0.05, 0.1) is 0 Å². The maximum Gasteiger partial charge on any atom is 0.179 e. The zero-order valence-electron chi connectivity index (χ0n) is 21.0. The van der Waals surface area contributed by atoms with Gasteiger partial charge in [0.1, 0.15) is 0 Å². The lowest BCUT2D eigenvalue weighted by Crippen LogP contribution is -2.74. The number of rotatable bonds is 6. The second-order valence-corrected chi connectivity index (χ2v) is 14.1. The van der Waals surface area contributed by atoms with Gasteiger partial charge in [0.25, 0.3) is 0 Å². The quantitative estimate of drug-likeness (QED) is 0.148. The topological polar surface area (TPSA) is 0 Å². The first-order valence-corrected chi connectivity index (χ1v) is 15.7. The third kappa shape index (κ3) is 4.47. The molecule has 0 N–H and O–H groups in total. The number of benzene rings is 6. The monoisotopic (exact) mass is 566 g/mol. The highest BCUT2D eigenvalue weighted by Gasteiger charge is 2.41. The Hall–Kier alpha value is -3.98. The molecule has 0 aliphatic rings. The third-order valence-corrected chi connectivity index (χ3v) is 12.8. The predicted molar refractivity (Wildman–Crippen MR) is 169 cm³/mol. The van der Waals surface area contributed by atoms with Crippen molar-refractivity contribution in [2.24, 2.45) is 0 Å². The molecule has 0 atom stereocenters. The molecule has 38 heavy (non-hydrogen) atoms. The highest BCUT2D eigenvalue weighted by atomic mass is 79.9. The summed E-state index contributed by atoms with van der Waals surface area (Å²) in [5.41, 5.74) is 4.86. The molecule has 0 aliphatic carbocycles. The highest BCUT2D eigenvalue weighted by molar-refractivity contribution is 9.10. The van der Waals surface area contributed by atoms with Gasteiger partial charge in [-0.3, -0.25) is 0 Å². The van der Waals surface area contributed by atoms with Gasteiger partial charge >= 0.3 is 0 Å². The fourth-order valence-corrected chi connectivity index (χ4v) is 10.8. The van der Waals surface area contributed by atoms with Crippen molar-refractivity contribution in [2.45, 2.75) is 0 Å². The van der Waals surface area contributed by atoms with Crippen LogP contribution < -0.4 is 20.7 Å². The van der Waals surface area contributed by atoms with Gasteiger partial charge < -0.3 is 0 Å². The first-order valence-electron chi connectivity index (χ1n) is 12.9. The van der Waals surface area contributed by atoms with E-state index in [2.05, 4.69) is 174 Å². The zero-order valence-corrected chi connectivity index (χ0v) is 23.6. The summed E-state index contributed by atoms with van der Waals surface area (Å²) < 4.78 is 1.11. The van der Waals surface area contributed by atoms with Crippen LogP contribution >= 0.6 is 15.9 Å². The van der Waals surface area contributed by atoms with Crippen LogP contribution in [0.25, 0.3) is 22.3 Å². The van der Waals surface area contributed by atoms with E-state index in [0.717, 1.165) is 4.47 Å². The summed E-state index contributed by atoms with van der Waals surface area (Å²) in [7, 11) is -2.49. The Morgan fingerprint density at radius 2 is 0.658 bits per heavy atom. The largest absolute Gasteiger partial charge is 0.179 e. The van der Waals surface area contributed by atoms with Crippen molar-refractivity contribution in [3.05, 3.63) is 168 Å². The van der Waals surface area contributed by atoms with Gasteiger partial charge in [-0.2, -0.15) is 0 Å². The minimum Gasteiger partial charge on any atom is -0.0623 e. The molecule has 6 aromatic rings. The normalized spacial score (nSPS) is 11.3. The fourth-order valence-electron chi connectivity index (χ4n) is 5.51. The lowest BCUT2D eigenvalue weighted by molar-refractivity contribution is 1.57. The van der Waals surface area contributed by atoms with E-state index < -0.39 is 8.07 Å². The van der Waals surface area contributed by atoms with Crippen LogP contribution in [0.5, 0.6) is 0 Å². The standard InChI is InChI=1S/C36H27BrSi/c37-36-19-11-10-18-35(36)30-22-20-28(21-23-30)29-24-26-34(27-25-29)38(31-12-4-1-5-13-31,32-14-6-2-7-15-32)33-16-8-3-9-17-33/h1-27H. The molecule has 6 rings (SSSR count). The van der Waals surface area contributed by atoms with Crippen LogP contribution in [0.2, 0.25) is 0 Å². The number of hydrogen-bond acceptors (Lipinski definition) is 0. The molecule has 0 bridgehead atoms. The van der Waals surface area contributed by atoms with Gasteiger partial charge in [-0.25, -0.2) is 0 Å². The first kappa shape index (κ1) is 24.4. The predicted octanol–water partition coefficient (Wildman–Crippen LogP) is 7.16. The van der Waals surface area contributed by atoms with Crippen molar-refractivity contribution in [3.8, 4) is 22.3 Å². The molecular formula is C36H27BrSi. The fraction of sp³-hybridized carbons (Fsp3) is 0. The highest BCUT2D eigenvalue weighted by Crippen LogP contribution is 2.30. The second-order valence-electron chi connectivity index (χ2n) is 9.48. The average molecular weight is 568 g/mol. The smallest absolute Gasteiger partial charge is 0.0623 e. The number of hydrogen-bond donors (Lipinski definition) is 0. The van der Waals surface area contributed by atoms with E-state index in [-0.39, 0.29) is 0 Å². The molecule has 0 saturated carbocycles. The molecule has 0 amide bonds. The number of halogens is 1. The van der Waals surface area contributed by atoms with E-state index in [1.807, 2.05) is 6.07 Å². The van der Waals surface area contributed by atoms with E-state index in [4.69, 9.17) is 0 Å². The molecule has 2 heteroatoms. The van der Waals surface area contributed by atoms with Gasteiger partial charge in [-0.1, -0.05) is 174 Å². The maximum absolute atomic E-state index is 3.68. The Labute approximate surface area is 234 Å². The van der Waals surface area contributed by atoms with E-state index >= 15 is 0 Å². The molecule has 6 aromatic carbocycles. The molecule has 0 radical (unpaired) electrons. The first-order chi connectivity index (χ1) is 18.8. The summed E-state index contributed by atoms with van der Waals surface area (Å²) in [5, 5.41) is 5.56. The van der Waals surface area contributed by atoms with E-state index in [1.54, 1.807) is 0 Å². The Bertz CT molecular complexity index is 1530. The van der Waals surface area contributed by atoms with Crippen LogP contribution in [0.3, 0.4) is 0 Å². The lowest BCUT2D eigenvalue weighted by Gasteiger charge is -2.34. The van der Waals surface area contributed by atoms with Crippen molar-refractivity contribution < 1.29 is 0 Å². The molecular weight excluding hydrogens is 540 g/mol. The minimum absolute atomic E-state index is 1.11. The lowest BCUT2D eigenvalue weighted by atomic mass is 10.0. The van der Waals surface area contributed by atoms with Crippen LogP contribution in [0.1, 0.15) is 0 Å². The van der Waals surface area contributed by atoms with Gasteiger partial charge in [0, 0.05) is 4.47 Å². The minimum atomic E-state index is -2.49. The molecule has 0 heterocycles. The van der Waals surface area contributed by atoms with Crippen molar-refractivity contribution in [3.63, 3.8) is 0 Å². The Balaban J connectivity index is 1.46. The van der Waals surface area contributed by atoms with E-state index in [1.165, 1.54) is 43.0 Å². The van der Waals surface area contributed by atoms with Gasteiger partial charge in [-0.15, -0.1) is 0 Å². The summed E-state index contributed by atoms with van der Waals surface area (Å²) in [6.45, 7) is 0. The average Bonchev–Trinajstić information content (AvgIpc) is 3.00. The van der Waals surface area contributed by atoms with Crippen LogP contribution in [0.15, 0.2) is 168 Å². The van der Waals surface area contributed by atoms with Crippen molar-refractivity contribution in [1.82, 2.24) is 0 Å². The molecule has 0 nitrogen and oxygen atoms in total. The van der Waals surface area contributed by atoms with Gasteiger partial charge in [-0.05, 0) is 49.1 Å². The summed E-state index contributed by atoms with van der Waals surface area (Å²) >= 11 is 3.68.